The van der Waals surface area contributed by atoms with Crippen molar-refractivity contribution in [3.8, 4) is 0 Å². The molecule has 0 saturated carbocycles. The second-order valence-electron chi connectivity index (χ2n) is 6.68. The first-order valence-electron chi connectivity index (χ1n) is 9.41. The average Bonchev–Trinajstić information content (AvgIpc) is 2.79. The first-order chi connectivity index (χ1) is 14.2. The summed E-state index contributed by atoms with van der Waals surface area (Å²) in [4.78, 5) is 37.7. The minimum atomic E-state index is -1.03. The molecule has 3 aromatic rings. The highest BCUT2D eigenvalue weighted by molar-refractivity contribution is 6.16. The third-order valence-electron chi connectivity index (χ3n) is 4.73. The number of carbonyl (C=O) groups is 2. The van der Waals surface area contributed by atoms with Crippen molar-refractivity contribution in [3.05, 3.63) is 119 Å². The maximum atomic E-state index is 13.3. The molecule has 0 bridgehead atoms. The van der Waals surface area contributed by atoms with Crippen LogP contribution in [-0.4, -0.2) is 18.1 Å². The summed E-state index contributed by atoms with van der Waals surface area (Å²) in [6, 6.07) is 26.9. The Morgan fingerprint density at radius 3 is 1.62 bits per heavy atom. The smallest absolute Gasteiger partial charge is 0.174 e. The van der Waals surface area contributed by atoms with Crippen molar-refractivity contribution in [2.45, 2.75) is 0 Å². The molecule has 0 heterocycles. The van der Waals surface area contributed by atoms with Crippen molar-refractivity contribution in [2.24, 2.45) is 17.0 Å². The van der Waals surface area contributed by atoms with E-state index in [9.17, 15) is 14.5 Å². The van der Waals surface area contributed by atoms with Crippen molar-refractivity contribution in [3.63, 3.8) is 0 Å². The van der Waals surface area contributed by atoms with Gasteiger partial charge in [-0.25, -0.2) is 0 Å². The number of nitrogens with zero attached hydrogens (tertiary/aromatic N) is 1. The molecule has 0 aliphatic carbocycles. The Balaban J connectivity index is 2.01. The zero-order chi connectivity index (χ0) is 20.5. The second-order valence-corrected chi connectivity index (χ2v) is 6.68. The maximum absolute atomic E-state index is 13.3. The molecule has 0 amide bonds. The molecule has 0 aliphatic heterocycles. The lowest BCUT2D eigenvalue weighted by molar-refractivity contribution is 0.0774. The van der Waals surface area contributed by atoms with Crippen molar-refractivity contribution >= 4 is 17.6 Å². The molecule has 0 unspecified atom stereocenters. The molecule has 0 radical (unpaired) electrons. The summed E-state index contributed by atoms with van der Waals surface area (Å²) in [6.07, 6.45) is 3.56. The lowest BCUT2D eigenvalue weighted by atomic mass is 9.80. The summed E-state index contributed by atoms with van der Waals surface area (Å²) in [7, 11) is 0. The van der Waals surface area contributed by atoms with E-state index in [1.165, 1.54) is 0 Å². The highest BCUT2D eigenvalue weighted by Crippen LogP contribution is 2.25. The van der Waals surface area contributed by atoms with Gasteiger partial charge in [-0.05, 0) is 5.56 Å². The Bertz CT molecular complexity index is 931. The van der Waals surface area contributed by atoms with E-state index in [1.54, 1.807) is 54.6 Å². The Kier molecular flexibility index (Phi) is 6.95. The summed E-state index contributed by atoms with van der Waals surface area (Å²) in [5.41, 5.74) is 1.79. The molecular formula is C25H21NO3. The molecule has 29 heavy (non-hydrogen) atoms. The Morgan fingerprint density at radius 1 is 0.724 bits per heavy atom. The first-order valence-corrected chi connectivity index (χ1v) is 9.41. The molecule has 3 rings (SSSR count). The second kappa shape index (κ2) is 10.0. The third kappa shape index (κ3) is 5.20. The average molecular weight is 383 g/mol. The molecule has 0 N–H and O–H groups in total. The molecule has 4 heteroatoms. The summed E-state index contributed by atoms with van der Waals surface area (Å²) in [6.45, 7) is -0.162. The fourth-order valence-electron chi connectivity index (χ4n) is 3.23. The number of nitroso groups, excluding NO2 is 1. The van der Waals surface area contributed by atoms with Crippen LogP contribution in [0, 0.1) is 16.7 Å². The van der Waals surface area contributed by atoms with Gasteiger partial charge in [0.2, 0.25) is 0 Å². The summed E-state index contributed by atoms with van der Waals surface area (Å²) >= 11 is 0. The largest absolute Gasteiger partial charge is 0.293 e. The van der Waals surface area contributed by atoms with E-state index in [0.29, 0.717) is 11.1 Å². The van der Waals surface area contributed by atoms with Crippen molar-refractivity contribution in [2.75, 3.05) is 6.54 Å². The monoisotopic (exact) mass is 383 g/mol. The minimum Gasteiger partial charge on any atom is -0.293 e. The van der Waals surface area contributed by atoms with E-state index in [2.05, 4.69) is 5.18 Å². The number of rotatable bonds is 9. The van der Waals surface area contributed by atoms with Crippen molar-refractivity contribution < 1.29 is 9.59 Å². The van der Waals surface area contributed by atoms with Gasteiger partial charge in [0.25, 0.3) is 0 Å². The Hall–Kier alpha value is -3.66. The zero-order valence-corrected chi connectivity index (χ0v) is 15.8. The highest BCUT2D eigenvalue weighted by atomic mass is 16.3. The van der Waals surface area contributed by atoms with Crippen molar-refractivity contribution in [1.82, 2.24) is 0 Å². The number of benzene rings is 3. The molecule has 0 aliphatic rings. The molecule has 0 aromatic heterocycles. The van der Waals surface area contributed by atoms with Gasteiger partial charge in [-0.3, -0.25) is 9.59 Å². The fraction of sp³-hybridized carbons (Fsp3) is 0.120. The number of carbonyl (C=O) groups excluding carboxylic acids is 2. The van der Waals surface area contributed by atoms with Crippen molar-refractivity contribution in [1.29, 1.82) is 0 Å². The summed E-state index contributed by atoms with van der Waals surface area (Å²) < 4.78 is 0. The van der Waals surface area contributed by atoms with Gasteiger partial charge in [0.15, 0.2) is 11.6 Å². The normalized spacial score (nSPS) is 12.0. The van der Waals surface area contributed by atoms with Crippen LogP contribution in [0.4, 0.5) is 0 Å². The number of Topliss-reactive ketones (excluding diaryl/α,β-unsaturated/α-hetero) is 2. The zero-order valence-electron chi connectivity index (χ0n) is 15.8. The van der Waals surface area contributed by atoms with Crippen LogP contribution < -0.4 is 0 Å². The van der Waals surface area contributed by atoms with E-state index >= 15 is 0 Å². The van der Waals surface area contributed by atoms with Crippen LogP contribution in [0.2, 0.25) is 0 Å². The van der Waals surface area contributed by atoms with Gasteiger partial charge in [0.05, 0.1) is 12.5 Å². The number of ketones is 2. The van der Waals surface area contributed by atoms with Crippen LogP contribution in [-0.2, 0) is 0 Å². The molecule has 3 aromatic carbocycles. The maximum Gasteiger partial charge on any atom is 0.174 e. The number of hydrogen-bond acceptors (Lipinski definition) is 4. The van der Waals surface area contributed by atoms with Crippen LogP contribution >= 0.6 is 0 Å². The topological polar surface area (TPSA) is 63.6 Å². The molecule has 0 spiro atoms. The molecule has 0 fully saturated rings. The molecule has 4 nitrogen and oxygen atoms in total. The Morgan fingerprint density at radius 2 is 1.17 bits per heavy atom. The van der Waals surface area contributed by atoms with Gasteiger partial charge in [-0.15, -0.1) is 0 Å². The van der Waals surface area contributed by atoms with E-state index < -0.39 is 11.8 Å². The van der Waals surface area contributed by atoms with Crippen LogP contribution in [0.15, 0.2) is 102 Å². The lowest BCUT2D eigenvalue weighted by Crippen LogP contribution is -2.32. The van der Waals surface area contributed by atoms with Crippen LogP contribution in [0.3, 0.4) is 0 Å². The molecule has 144 valence electrons. The molecular weight excluding hydrogens is 362 g/mol. The molecule has 1 atom stereocenters. The standard InChI is InChI=1S/C25H21NO3/c27-24(20-12-6-2-7-13-20)23(25(28)21-14-8-3-9-15-21)22(18-26-29)17-16-19-10-4-1-5-11-19/h1-17,22-23H,18H2/b17-16+/t22-/m0/s1. The van der Waals surface area contributed by atoms with Gasteiger partial charge in [0.1, 0.15) is 0 Å². The lowest BCUT2D eigenvalue weighted by Gasteiger charge is -2.21. The van der Waals surface area contributed by atoms with E-state index in [0.717, 1.165) is 5.56 Å². The quantitative estimate of drug-likeness (QED) is 0.280. The van der Waals surface area contributed by atoms with E-state index in [-0.39, 0.29) is 18.1 Å². The van der Waals surface area contributed by atoms with Crippen LogP contribution in [0.1, 0.15) is 26.3 Å². The van der Waals surface area contributed by atoms with E-state index in [1.807, 2.05) is 48.5 Å². The van der Waals surface area contributed by atoms with Gasteiger partial charge in [-0.2, -0.15) is 4.91 Å². The minimum absolute atomic E-state index is 0.162. The molecule has 0 saturated heterocycles. The Labute approximate surface area is 169 Å². The van der Waals surface area contributed by atoms with E-state index in [4.69, 9.17) is 0 Å². The van der Waals surface area contributed by atoms with Gasteiger partial charge < -0.3 is 0 Å². The predicted molar refractivity (Wildman–Crippen MR) is 115 cm³/mol. The van der Waals surface area contributed by atoms with Gasteiger partial charge in [0, 0.05) is 17.0 Å². The van der Waals surface area contributed by atoms with Crippen LogP contribution in [0.5, 0.6) is 0 Å². The number of hydrogen-bond donors (Lipinski definition) is 0. The van der Waals surface area contributed by atoms with Gasteiger partial charge in [-0.1, -0.05) is 108 Å². The highest BCUT2D eigenvalue weighted by Gasteiger charge is 2.34. The third-order valence-corrected chi connectivity index (χ3v) is 4.73. The fourth-order valence-corrected chi connectivity index (χ4v) is 3.23. The first kappa shape index (κ1) is 20.1. The summed E-state index contributed by atoms with van der Waals surface area (Å²) in [5, 5.41) is 3.02. The SMILES string of the molecule is O=NC[C@H](/C=C/c1ccccc1)C(C(=O)c1ccccc1)C(=O)c1ccccc1. The van der Waals surface area contributed by atoms with Gasteiger partial charge >= 0.3 is 0 Å². The predicted octanol–water partition coefficient (Wildman–Crippen LogP) is 5.46. The summed E-state index contributed by atoms with van der Waals surface area (Å²) in [5.74, 6) is -2.30. The van der Waals surface area contributed by atoms with Crippen LogP contribution in [0.25, 0.3) is 6.08 Å².